The van der Waals surface area contributed by atoms with Crippen molar-refractivity contribution >= 4 is 46.4 Å². The molecular formula is C8H13Cl4O. The minimum Gasteiger partial charge on any atom is -0.231 e. The summed E-state index contributed by atoms with van der Waals surface area (Å²) in [5.41, 5.74) is 0. The molecule has 5 heteroatoms. The fourth-order valence-electron chi connectivity index (χ4n) is 0.740. The first-order valence-corrected chi connectivity index (χ1v) is 5.73. The Hall–Kier alpha value is 1.12. The molecular weight excluding hydrogens is 254 g/mol. The van der Waals surface area contributed by atoms with Gasteiger partial charge in [0.15, 0.2) is 0 Å². The van der Waals surface area contributed by atoms with E-state index in [1.54, 1.807) is 13.8 Å². The Morgan fingerprint density at radius 2 is 1.62 bits per heavy atom. The molecule has 3 unspecified atom stereocenters. The fourth-order valence-corrected chi connectivity index (χ4v) is 1.24. The van der Waals surface area contributed by atoms with E-state index in [-0.39, 0.29) is 18.2 Å². The van der Waals surface area contributed by atoms with Gasteiger partial charge in [-0.25, -0.2) is 5.11 Å². The largest absolute Gasteiger partial charge is 0.231 e. The molecule has 13 heavy (non-hydrogen) atoms. The quantitative estimate of drug-likeness (QED) is 0.677. The molecule has 79 valence electrons. The Balaban J connectivity index is 4.22. The molecule has 0 bridgehead atoms. The molecule has 1 nitrogen and oxygen atoms in total. The maximum absolute atomic E-state index is 11.6. The summed E-state index contributed by atoms with van der Waals surface area (Å²) in [5.74, 6) is 0.334. The van der Waals surface area contributed by atoms with Crippen molar-refractivity contribution < 1.29 is 5.11 Å². The van der Waals surface area contributed by atoms with Gasteiger partial charge in [0, 0.05) is 11.8 Å². The Morgan fingerprint density at radius 3 is 1.92 bits per heavy atom. The molecule has 0 aromatic carbocycles. The number of halogens is 4. The van der Waals surface area contributed by atoms with E-state index in [4.69, 9.17) is 46.4 Å². The number of hydrogen-bond donors (Lipinski definition) is 0. The van der Waals surface area contributed by atoms with Crippen LogP contribution < -0.4 is 0 Å². The zero-order valence-corrected chi connectivity index (χ0v) is 10.6. The fraction of sp³-hybridized carbons (Fsp3) is 1.00. The Labute approximate surface area is 99.3 Å². The van der Waals surface area contributed by atoms with Crippen LogP contribution in [0.2, 0.25) is 0 Å². The third kappa shape index (κ3) is 4.94. The molecule has 3 atom stereocenters. The first-order chi connectivity index (χ1) is 5.75. The van der Waals surface area contributed by atoms with Crippen LogP contribution in [0.25, 0.3) is 0 Å². The predicted octanol–water partition coefficient (Wildman–Crippen LogP) is 3.65. The van der Waals surface area contributed by atoms with Crippen LogP contribution in [0.1, 0.15) is 20.3 Å². The van der Waals surface area contributed by atoms with Gasteiger partial charge in [-0.1, -0.05) is 0 Å². The second-order valence-electron chi connectivity index (χ2n) is 3.65. The minimum atomic E-state index is -1.01. The molecule has 0 aromatic heterocycles. The van der Waals surface area contributed by atoms with Crippen molar-refractivity contribution in [3.63, 3.8) is 0 Å². The van der Waals surface area contributed by atoms with Crippen molar-refractivity contribution in [1.29, 1.82) is 0 Å². The molecule has 0 amide bonds. The molecule has 0 fully saturated rings. The van der Waals surface area contributed by atoms with Gasteiger partial charge in [-0.05, 0) is 20.3 Å². The van der Waals surface area contributed by atoms with Gasteiger partial charge in [-0.3, -0.25) is 0 Å². The molecule has 1 radical (unpaired) electrons. The maximum Gasteiger partial charge on any atom is 0.115 e. The number of rotatable bonds is 5. The first kappa shape index (κ1) is 14.1. The van der Waals surface area contributed by atoms with Gasteiger partial charge in [-0.2, -0.15) is 0 Å². The van der Waals surface area contributed by atoms with Crippen LogP contribution in [0.5, 0.6) is 0 Å². The van der Waals surface area contributed by atoms with Gasteiger partial charge in [0.05, 0.1) is 9.75 Å². The number of alkyl halides is 4. The average Bonchev–Trinajstić information content (AvgIpc) is 2.04. The summed E-state index contributed by atoms with van der Waals surface area (Å²) < 4.78 is 0. The van der Waals surface area contributed by atoms with E-state index < -0.39 is 15.9 Å². The highest BCUT2D eigenvalue weighted by molar-refractivity contribution is 6.32. The number of hydrogen-bond acceptors (Lipinski definition) is 0. The monoisotopic (exact) mass is 265 g/mol. The summed E-state index contributed by atoms with van der Waals surface area (Å²) >= 11 is 23.0. The van der Waals surface area contributed by atoms with Crippen molar-refractivity contribution in [1.82, 2.24) is 0 Å². The summed E-state index contributed by atoms with van der Waals surface area (Å²) in [6, 6.07) is 0. The molecule has 0 rings (SSSR count). The van der Waals surface area contributed by atoms with Crippen LogP contribution in [0.15, 0.2) is 0 Å². The van der Waals surface area contributed by atoms with Crippen LogP contribution in [-0.4, -0.2) is 27.6 Å². The molecule has 0 aliphatic heterocycles. The molecule has 0 aromatic rings. The maximum atomic E-state index is 11.6. The summed E-state index contributed by atoms with van der Waals surface area (Å²) in [4.78, 5) is -1.65. The molecule has 0 aliphatic carbocycles. The van der Waals surface area contributed by atoms with E-state index in [9.17, 15) is 5.11 Å². The second-order valence-corrected chi connectivity index (χ2v) is 5.96. The molecule has 0 N–H and O–H groups in total. The third-order valence-electron chi connectivity index (χ3n) is 1.82. The van der Waals surface area contributed by atoms with Crippen LogP contribution in [0, 0.1) is 0 Å². The average molecular weight is 267 g/mol. The lowest BCUT2D eigenvalue weighted by Crippen LogP contribution is -2.39. The predicted molar refractivity (Wildman–Crippen MR) is 59.0 cm³/mol. The van der Waals surface area contributed by atoms with Gasteiger partial charge in [-0.15, -0.1) is 46.4 Å². The van der Waals surface area contributed by atoms with Crippen LogP contribution in [-0.2, 0) is 5.11 Å². The van der Waals surface area contributed by atoms with E-state index in [1.165, 1.54) is 0 Å². The Bertz CT molecular complexity index is 158. The van der Waals surface area contributed by atoms with E-state index in [2.05, 4.69) is 0 Å². The van der Waals surface area contributed by atoms with Crippen molar-refractivity contribution in [2.45, 2.75) is 36.1 Å². The van der Waals surface area contributed by atoms with Gasteiger partial charge < -0.3 is 0 Å². The zero-order valence-electron chi connectivity index (χ0n) is 7.62. The third-order valence-corrected chi connectivity index (χ3v) is 3.91. The van der Waals surface area contributed by atoms with Crippen molar-refractivity contribution in [3.8, 4) is 0 Å². The SMILES string of the molecule is CC(Cl)(CCl)CC([O])C(C)(Cl)CCl. The minimum absolute atomic E-state index is 0.109. The normalized spacial score (nSPS) is 23.3. The lowest BCUT2D eigenvalue weighted by atomic mass is 9.96. The standard InChI is InChI=1S/C8H13Cl4O/c1-7(11,4-9)3-6(13)8(2,12)5-10/h6H,3-5H2,1-2H3. The van der Waals surface area contributed by atoms with Gasteiger partial charge in [0.25, 0.3) is 0 Å². The van der Waals surface area contributed by atoms with Gasteiger partial charge in [0.1, 0.15) is 6.10 Å². The molecule has 0 saturated carbocycles. The topological polar surface area (TPSA) is 19.9 Å². The lowest BCUT2D eigenvalue weighted by Gasteiger charge is -2.29. The van der Waals surface area contributed by atoms with Crippen LogP contribution in [0.4, 0.5) is 0 Å². The van der Waals surface area contributed by atoms with Gasteiger partial charge in [0.2, 0.25) is 0 Å². The summed E-state index contributed by atoms with van der Waals surface area (Å²) in [5, 5.41) is 11.6. The van der Waals surface area contributed by atoms with E-state index in [0.29, 0.717) is 0 Å². The van der Waals surface area contributed by atoms with E-state index >= 15 is 0 Å². The van der Waals surface area contributed by atoms with Gasteiger partial charge >= 0.3 is 0 Å². The smallest absolute Gasteiger partial charge is 0.115 e. The van der Waals surface area contributed by atoms with Crippen LogP contribution in [0.3, 0.4) is 0 Å². The first-order valence-electron chi connectivity index (χ1n) is 3.91. The lowest BCUT2D eigenvalue weighted by molar-refractivity contribution is 0.0481. The highest BCUT2D eigenvalue weighted by atomic mass is 35.5. The van der Waals surface area contributed by atoms with Crippen molar-refractivity contribution in [2.75, 3.05) is 11.8 Å². The molecule has 0 spiro atoms. The van der Waals surface area contributed by atoms with E-state index in [1.807, 2.05) is 0 Å². The highest BCUT2D eigenvalue weighted by Gasteiger charge is 2.36. The van der Waals surface area contributed by atoms with E-state index in [0.717, 1.165) is 0 Å². The van der Waals surface area contributed by atoms with Crippen LogP contribution >= 0.6 is 46.4 Å². The second kappa shape index (κ2) is 5.27. The highest BCUT2D eigenvalue weighted by Crippen LogP contribution is 2.31. The molecule has 0 saturated heterocycles. The van der Waals surface area contributed by atoms with Crippen molar-refractivity contribution in [3.05, 3.63) is 0 Å². The van der Waals surface area contributed by atoms with Crippen molar-refractivity contribution in [2.24, 2.45) is 0 Å². The zero-order chi connectivity index (χ0) is 10.7. The Kier molecular flexibility index (Phi) is 5.73. The molecule has 0 aliphatic rings. The summed E-state index contributed by atoms with van der Waals surface area (Å²) in [7, 11) is 0. The summed E-state index contributed by atoms with van der Waals surface area (Å²) in [6.45, 7) is 3.33. The summed E-state index contributed by atoms with van der Waals surface area (Å²) in [6.07, 6.45) is -0.793. The molecule has 0 heterocycles. The Morgan fingerprint density at radius 1 is 1.15 bits per heavy atom.